The fourth-order valence-electron chi connectivity index (χ4n) is 2.95. The maximum atomic E-state index is 12.6. The molecule has 1 aromatic carbocycles. The van der Waals surface area contributed by atoms with Crippen molar-refractivity contribution in [2.45, 2.75) is 36.9 Å². The number of alkyl halides is 3. The van der Waals surface area contributed by atoms with Gasteiger partial charge in [-0.1, -0.05) is 12.1 Å². The Bertz CT molecular complexity index is 734. The van der Waals surface area contributed by atoms with Crippen molar-refractivity contribution < 1.29 is 22.8 Å². The van der Waals surface area contributed by atoms with Gasteiger partial charge in [-0.15, -0.1) is 0 Å². The van der Waals surface area contributed by atoms with E-state index < -0.39 is 29.7 Å². The van der Waals surface area contributed by atoms with Gasteiger partial charge in [0.1, 0.15) is 6.04 Å². The van der Waals surface area contributed by atoms with Gasteiger partial charge in [0.2, 0.25) is 11.8 Å². The van der Waals surface area contributed by atoms with Gasteiger partial charge in [-0.25, -0.2) is 0 Å². The van der Waals surface area contributed by atoms with Crippen LogP contribution in [0, 0.1) is 11.3 Å². The first-order valence-corrected chi connectivity index (χ1v) is 9.82. The van der Waals surface area contributed by atoms with E-state index in [2.05, 4.69) is 5.32 Å². The van der Waals surface area contributed by atoms with Gasteiger partial charge >= 0.3 is 6.18 Å². The van der Waals surface area contributed by atoms with Crippen LogP contribution in [0.25, 0.3) is 0 Å². The number of nitrogens with two attached hydrogens (primary N) is 1. The molecule has 2 atom stereocenters. The van der Waals surface area contributed by atoms with Gasteiger partial charge in [0.25, 0.3) is 0 Å². The summed E-state index contributed by atoms with van der Waals surface area (Å²) in [7, 11) is 0. The Kier molecular flexibility index (Phi) is 7.71. The van der Waals surface area contributed by atoms with E-state index in [1.54, 1.807) is 4.90 Å². The van der Waals surface area contributed by atoms with Crippen molar-refractivity contribution in [1.82, 2.24) is 10.2 Å². The van der Waals surface area contributed by atoms with Crippen molar-refractivity contribution in [2.24, 2.45) is 5.73 Å². The smallest absolute Gasteiger partial charge is 0.368 e. The lowest BCUT2D eigenvalue weighted by Crippen LogP contribution is -2.52. The molecule has 1 fully saturated rings. The molecular formula is C18H21F3N4O2S. The molecule has 0 aliphatic carbocycles. The molecule has 152 valence electrons. The van der Waals surface area contributed by atoms with Gasteiger partial charge in [0.05, 0.1) is 24.2 Å². The highest BCUT2D eigenvalue weighted by atomic mass is 32.2. The second kappa shape index (κ2) is 9.80. The molecule has 0 bridgehead atoms. The standard InChI is InChI=1S/C18H21F3N4O2S/c19-18(20,21)13-5-3-12(4-6-13)10-28-11-14(16(23)26)24-17(27)15-2-1-8-25(15)9-7-22/h3-6,14-15H,1-2,8-11H2,(H2,23,26)(H,24,27). The molecule has 0 aromatic heterocycles. The summed E-state index contributed by atoms with van der Waals surface area (Å²) in [5.41, 5.74) is 5.32. The molecular weight excluding hydrogens is 393 g/mol. The summed E-state index contributed by atoms with van der Waals surface area (Å²) in [6.45, 7) is 0.789. The number of benzene rings is 1. The SMILES string of the molecule is N#CCN1CCCC1C(=O)NC(CSCc1ccc(C(F)(F)F)cc1)C(N)=O. The van der Waals surface area contributed by atoms with Crippen LogP contribution in [0.5, 0.6) is 0 Å². The van der Waals surface area contributed by atoms with E-state index in [1.807, 2.05) is 6.07 Å². The molecule has 1 heterocycles. The van der Waals surface area contributed by atoms with Gasteiger partial charge in [-0.05, 0) is 30.5 Å². The first-order chi connectivity index (χ1) is 13.2. The Morgan fingerprint density at radius 2 is 2.04 bits per heavy atom. The third-order valence-electron chi connectivity index (χ3n) is 4.43. The maximum absolute atomic E-state index is 12.6. The summed E-state index contributed by atoms with van der Waals surface area (Å²) >= 11 is 1.29. The highest BCUT2D eigenvalue weighted by molar-refractivity contribution is 7.98. The Morgan fingerprint density at radius 1 is 1.36 bits per heavy atom. The molecule has 0 spiro atoms. The summed E-state index contributed by atoms with van der Waals surface area (Å²) in [6.07, 6.45) is -2.98. The molecule has 0 saturated carbocycles. The van der Waals surface area contributed by atoms with Crippen LogP contribution in [-0.4, -0.2) is 47.6 Å². The molecule has 0 radical (unpaired) electrons. The molecule has 1 aromatic rings. The van der Waals surface area contributed by atoms with Crippen molar-refractivity contribution in [3.8, 4) is 6.07 Å². The van der Waals surface area contributed by atoms with Crippen molar-refractivity contribution in [3.63, 3.8) is 0 Å². The molecule has 1 aliphatic heterocycles. The molecule has 10 heteroatoms. The zero-order chi connectivity index (χ0) is 20.7. The quantitative estimate of drug-likeness (QED) is 0.633. The first-order valence-electron chi connectivity index (χ1n) is 8.67. The lowest BCUT2D eigenvalue weighted by atomic mass is 10.1. The van der Waals surface area contributed by atoms with Gasteiger partial charge in [-0.2, -0.15) is 30.2 Å². The third-order valence-corrected chi connectivity index (χ3v) is 5.54. The Balaban J connectivity index is 1.87. The molecule has 28 heavy (non-hydrogen) atoms. The van der Waals surface area contributed by atoms with Crippen LogP contribution in [0.2, 0.25) is 0 Å². The van der Waals surface area contributed by atoms with E-state index >= 15 is 0 Å². The van der Waals surface area contributed by atoms with Crippen molar-refractivity contribution in [3.05, 3.63) is 35.4 Å². The number of nitrogens with zero attached hydrogens (tertiary/aromatic N) is 2. The minimum absolute atomic E-state index is 0.141. The average Bonchev–Trinajstić information content (AvgIpc) is 3.09. The van der Waals surface area contributed by atoms with Crippen molar-refractivity contribution in [2.75, 3.05) is 18.8 Å². The summed E-state index contributed by atoms with van der Waals surface area (Å²) in [6, 6.07) is 5.44. The van der Waals surface area contributed by atoms with Crippen molar-refractivity contribution >= 4 is 23.6 Å². The topological polar surface area (TPSA) is 99.2 Å². The maximum Gasteiger partial charge on any atom is 0.416 e. The van der Waals surface area contributed by atoms with Crippen LogP contribution in [0.1, 0.15) is 24.0 Å². The van der Waals surface area contributed by atoms with E-state index in [-0.39, 0.29) is 18.2 Å². The van der Waals surface area contributed by atoms with Gasteiger partial charge in [0, 0.05) is 18.1 Å². The normalized spacial score (nSPS) is 18.4. The summed E-state index contributed by atoms with van der Waals surface area (Å²) < 4.78 is 37.7. The number of hydrogen-bond acceptors (Lipinski definition) is 5. The number of carbonyl (C=O) groups is 2. The minimum atomic E-state index is -4.38. The number of halogens is 3. The monoisotopic (exact) mass is 414 g/mol. The van der Waals surface area contributed by atoms with Gasteiger partial charge < -0.3 is 11.1 Å². The van der Waals surface area contributed by atoms with Crippen LogP contribution < -0.4 is 11.1 Å². The fourth-order valence-corrected chi connectivity index (χ4v) is 3.98. The zero-order valence-corrected chi connectivity index (χ0v) is 15.9. The van der Waals surface area contributed by atoms with Crippen LogP contribution in [0.3, 0.4) is 0 Å². The Morgan fingerprint density at radius 3 is 2.61 bits per heavy atom. The number of likely N-dealkylation sites (tertiary alicyclic amines) is 1. The lowest BCUT2D eigenvalue weighted by Gasteiger charge is -2.23. The molecule has 6 nitrogen and oxygen atoms in total. The van der Waals surface area contributed by atoms with Gasteiger partial charge in [-0.3, -0.25) is 14.5 Å². The summed E-state index contributed by atoms with van der Waals surface area (Å²) in [4.78, 5) is 25.8. The van der Waals surface area contributed by atoms with Crippen LogP contribution in [-0.2, 0) is 21.5 Å². The number of primary amides is 1. The minimum Gasteiger partial charge on any atom is -0.368 e. The highest BCUT2D eigenvalue weighted by Gasteiger charge is 2.32. The highest BCUT2D eigenvalue weighted by Crippen LogP contribution is 2.29. The summed E-state index contributed by atoms with van der Waals surface area (Å²) in [5.74, 6) is -0.445. The van der Waals surface area contributed by atoms with Crippen LogP contribution in [0.15, 0.2) is 24.3 Å². The molecule has 2 amide bonds. The number of thioether (sulfide) groups is 1. The molecule has 1 aliphatic rings. The largest absolute Gasteiger partial charge is 0.416 e. The summed E-state index contributed by atoms with van der Waals surface area (Å²) in [5, 5.41) is 11.4. The van der Waals surface area contributed by atoms with E-state index in [0.29, 0.717) is 24.3 Å². The molecule has 2 unspecified atom stereocenters. The fraction of sp³-hybridized carbons (Fsp3) is 0.500. The van der Waals surface area contributed by atoms with E-state index in [1.165, 1.54) is 23.9 Å². The molecule has 1 saturated heterocycles. The van der Waals surface area contributed by atoms with E-state index in [4.69, 9.17) is 11.0 Å². The Labute approximate surface area is 165 Å². The second-order valence-electron chi connectivity index (χ2n) is 6.46. The van der Waals surface area contributed by atoms with Crippen molar-refractivity contribution in [1.29, 1.82) is 5.26 Å². The van der Waals surface area contributed by atoms with Crippen LogP contribution >= 0.6 is 11.8 Å². The molecule has 2 rings (SSSR count). The number of nitriles is 1. The zero-order valence-electron chi connectivity index (χ0n) is 15.0. The van der Waals surface area contributed by atoms with Crippen LogP contribution in [0.4, 0.5) is 13.2 Å². The predicted octanol–water partition coefficient (Wildman–Crippen LogP) is 1.90. The number of nitrogens with one attached hydrogen (secondary N) is 1. The Hall–Kier alpha value is -2.25. The number of carbonyl (C=O) groups excluding carboxylic acids is 2. The predicted molar refractivity (Wildman–Crippen MR) is 98.9 cm³/mol. The first kappa shape index (κ1) is 22.0. The van der Waals surface area contributed by atoms with E-state index in [0.717, 1.165) is 18.6 Å². The second-order valence-corrected chi connectivity index (χ2v) is 7.49. The number of amides is 2. The number of rotatable bonds is 8. The van der Waals surface area contributed by atoms with Gasteiger partial charge in [0.15, 0.2) is 0 Å². The average molecular weight is 414 g/mol. The number of hydrogen-bond donors (Lipinski definition) is 2. The van der Waals surface area contributed by atoms with E-state index in [9.17, 15) is 22.8 Å². The third kappa shape index (κ3) is 6.14. The molecule has 3 N–H and O–H groups in total. The lowest BCUT2D eigenvalue weighted by molar-refractivity contribution is -0.137.